The van der Waals surface area contributed by atoms with Gasteiger partial charge >= 0.3 is 6.18 Å². The second-order valence-electron chi connectivity index (χ2n) is 4.60. The first kappa shape index (κ1) is 15.8. The summed E-state index contributed by atoms with van der Waals surface area (Å²) in [5, 5.41) is 0. The summed E-state index contributed by atoms with van der Waals surface area (Å²) in [7, 11) is 0. The summed E-state index contributed by atoms with van der Waals surface area (Å²) in [4.78, 5) is 0. The SMILES string of the molecule is FC(F)(F)c1ccccc1C=CC=CC=Cc1ccccc1. The van der Waals surface area contributed by atoms with Crippen molar-refractivity contribution in [2.24, 2.45) is 0 Å². The first-order chi connectivity index (χ1) is 10.6. The van der Waals surface area contributed by atoms with Gasteiger partial charge in [-0.3, -0.25) is 0 Å². The molecule has 0 unspecified atom stereocenters. The van der Waals surface area contributed by atoms with Crippen molar-refractivity contribution in [3.8, 4) is 0 Å². The Labute approximate surface area is 127 Å². The van der Waals surface area contributed by atoms with Gasteiger partial charge in [-0.2, -0.15) is 13.2 Å². The van der Waals surface area contributed by atoms with Gasteiger partial charge in [0.2, 0.25) is 0 Å². The molecule has 2 aromatic rings. The van der Waals surface area contributed by atoms with Crippen molar-refractivity contribution in [3.63, 3.8) is 0 Å². The summed E-state index contributed by atoms with van der Waals surface area (Å²) in [6.45, 7) is 0. The first-order valence-corrected chi connectivity index (χ1v) is 6.80. The van der Waals surface area contributed by atoms with Gasteiger partial charge in [0.25, 0.3) is 0 Å². The smallest absolute Gasteiger partial charge is 0.166 e. The third-order valence-electron chi connectivity index (χ3n) is 2.96. The van der Waals surface area contributed by atoms with Crippen LogP contribution in [-0.4, -0.2) is 0 Å². The lowest BCUT2D eigenvalue weighted by atomic mass is 10.1. The highest BCUT2D eigenvalue weighted by Crippen LogP contribution is 2.32. The zero-order chi connectivity index (χ0) is 15.8. The van der Waals surface area contributed by atoms with Crippen LogP contribution in [0.25, 0.3) is 12.2 Å². The van der Waals surface area contributed by atoms with Crippen molar-refractivity contribution >= 4 is 12.2 Å². The minimum absolute atomic E-state index is 0.159. The molecule has 0 N–H and O–H groups in total. The Morgan fingerprint density at radius 2 is 1.23 bits per heavy atom. The quantitative estimate of drug-likeness (QED) is 0.608. The molecule has 0 spiro atoms. The lowest BCUT2D eigenvalue weighted by Gasteiger charge is -2.09. The zero-order valence-corrected chi connectivity index (χ0v) is 11.8. The van der Waals surface area contributed by atoms with Crippen LogP contribution in [0.4, 0.5) is 13.2 Å². The maximum Gasteiger partial charge on any atom is 0.416 e. The monoisotopic (exact) mass is 300 g/mol. The number of hydrogen-bond donors (Lipinski definition) is 0. The van der Waals surface area contributed by atoms with E-state index in [1.54, 1.807) is 24.3 Å². The highest BCUT2D eigenvalue weighted by molar-refractivity contribution is 5.56. The average molecular weight is 300 g/mol. The number of halogens is 3. The molecule has 0 amide bonds. The van der Waals surface area contributed by atoms with Gasteiger partial charge in [0.15, 0.2) is 0 Å². The zero-order valence-electron chi connectivity index (χ0n) is 11.8. The van der Waals surface area contributed by atoms with Crippen molar-refractivity contribution in [3.05, 3.63) is 95.6 Å². The molecule has 0 fully saturated rings. The minimum atomic E-state index is -4.34. The van der Waals surface area contributed by atoms with Crippen molar-refractivity contribution in [1.82, 2.24) is 0 Å². The number of rotatable bonds is 4. The summed E-state index contributed by atoms with van der Waals surface area (Å²) < 4.78 is 38.4. The molecule has 3 heteroatoms. The highest BCUT2D eigenvalue weighted by atomic mass is 19.4. The van der Waals surface area contributed by atoms with Crippen LogP contribution in [0, 0.1) is 0 Å². The maximum absolute atomic E-state index is 12.8. The van der Waals surface area contributed by atoms with Crippen LogP contribution in [0.3, 0.4) is 0 Å². The molecular formula is C19H15F3. The van der Waals surface area contributed by atoms with Gasteiger partial charge < -0.3 is 0 Å². The van der Waals surface area contributed by atoms with E-state index in [1.165, 1.54) is 18.2 Å². The van der Waals surface area contributed by atoms with Crippen LogP contribution < -0.4 is 0 Å². The summed E-state index contributed by atoms with van der Waals surface area (Å²) in [6, 6.07) is 15.3. The van der Waals surface area contributed by atoms with E-state index in [0.29, 0.717) is 0 Å². The van der Waals surface area contributed by atoms with Crippen molar-refractivity contribution < 1.29 is 13.2 Å². The van der Waals surface area contributed by atoms with E-state index < -0.39 is 11.7 Å². The molecule has 0 aliphatic heterocycles. The van der Waals surface area contributed by atoms with E-state index in [9.17, 15) is 13.2 Å². The molecule has 0 heterocycles. The van der Waals surface area contributed by atoms with Gasteiger partial charge in [0, 0.05) is 0 Å². The normalized spacial score (nSPS) is 12.7. The van der Waals surface area contributed by atoms with Crippen molar-refractivity contribution in [2.45, 2.75) is 6.18 Å². The van der Waals surface area contributed by atoms with Gasteiger partial charge in [-0.25, -0.2) is 0 Å². The van der Waals surface area contributed by atoms with Gasteiger partial charge in [-0.1, -0.05) is 85.0 Å². The van der Waals surface area contributed by atoms with Gasteiger partial charge in [-0.15, -0.1) is 0 Å². The summed E-state index contributed by atoms with van der Waals surface area (Å²) in [5.41, 5.74) is 0.602. The fourth-order valence-electron chi connectivity index (χ4n) is 1.92. The van der Waals surface area contributed by atoms with Crippen molar-refractivity contribution in [2.75, 3.05) is 0 Å². The average Bonchev–Trinajstić information content (AvgIpc) is 2.51. The lowest BCUT2D eigenvalue weighted by molar-refractivity contribution is -0.137. The molecule has 0 nitrogen and oxygen atoms in total. The number of hydrogen-bond acceptors (Lipinski definition) is 0. The van der Waals surface area contributed by atoms with Crippen LogP contribution in [0.2, 0.25) is 0 Å². The van der Waals surface area contributed by atoms with Gasteiger partial charge in [0.1, 0.15) is 0 Å². The van der Waals surface area contributed by atoms with E-state index in [-0.39, 0.29) is 5.56 Å². The predicted octanol–water partition coefficient (Wildman–Crippen LogP) is 5.99. The Morgan fingerprint density at radius 1 is 0.636 bits per heavy atom. The van der Waals surface area contributed by atoms with Crippen LogP contribution in [0.5, 0.6) is 0 Å². The van der Waals surface area contributed by atoms with E-state index in [4.69, 9.17) is 0 Å². The molecule has 2 aromatic carbocycles. The Bertz CT molecular complexity index is 677. The number of alkyl halides is 3. The second kappa shape index (κ2) is 7.46. The first-order valence-electron chi connectivity index (χ1n) is 6.80. The topological polar surface area (TPSA) is 0 Å². The van der Waals surface area contributed by atoms with Gasteiger partial charge in [-0.05, 0) is 17.2 Å². The number of benzene rings is 2. The molecule has 22 heavy (non-hydrogen) atoms. The van der Waals surface area contributed by atoms with E-state index in [0.717, 1.165) is 11.6 Å². The third kappa shape index (κ3) is 4.77. The molecular weight excluding hydrogens is 285 g/mol. The standard InChI is InChI=1S/C19H15F3/c20-19(21,22)18-15-9-8-14-17(18)13-7-2-1-4-10-16-11-5-3-6-12-16/h1-15H. The Morgan fingerprint density at radius 3 is 1.91 bits per heavy atom. The van der Waals surface area contributed by atoms with Crippen molar-refractivity contribution in [1.29, 1.82) is 0 Å². The molecule has 0 aliphatic carbocycles. The highest BCUT2D eigenvalue weighted by Gasteiger charge is 2.32. The van der Waals surface area contributed by atoms with Gasteiger partial charge in [0.05, 0.1) is 5.56 Å². The second-order valence-corrected chi connectivity index (χ2v) is 4.60. The van der Waals surface area contributed by atoms with E-state index in [2.05, 4.69) is 0 Å². The van der Waals surface area contributed by atoms with E-state index >= 15 is 0 Å². The van der Waals surface area contributed by atoms with E-state index in [1.807, 2.05) is 42.5 Å². The fraction of sp³-hybridized carbons (Fsp3) is 0.0526. The molecule has 0 atom stereocenters. The maximum atomic E-state index is 12.8. The molecule has 2 rings (SSSR count). The molecule has 0 radical (unpaired) electrons. The Balaban J connectivity index is 2.01. The Kier molecular flexibility index (Phi) is 5.37. The molecule has 0 aromatic heterocycles. The Hall–Kier alpha value is -2.55. The summed E-state index contributed by atoms with van der Waals surface area (Å²) in [5.74, 6) is 0. The predicted molar refractivity (Wildman–Crippen MR) is 85.1 cm³/mol. The van der Waals surface area contributed by atoms with Crippen LogP contribution in [0.15, 0.2) is 78.9 Å². The molecule has 0 bridgehead atoms. The van der Waals surface area contributed by atoms with Crippen LogP contribution >= 0.6 is 0 Å². The summed E-state index contributed by atoms with van der Waals surface area (Å²) in [6.07, 6.45) is 5.96. The third-order valence-corrected chi connectivity index (χ3v) is 2.96. The number of allylic oxidation sites excluding steroid dienone is 4. The van der Waals surface area contributed by atoms with Crippen LogP contribution in [0.1, 0.15) is 16.7 Å². The molecule has 112 valence electrons. The fourth-order valence-corrected chi connectivity index (χ4v) is 1.92. The lowest BCUT2D eigenvalue weighted by Crippen LogP contribution is -2.06. The minimum Gasteiger partial charge on any atom is -0.166 e. The molecule has 0 aliphatic rings. The molecule has 0 saturated carbocycles. The summed E-state index contributed by atoms with van der Waals surface area (Å²) >= 11 is 0. The largest absolute Gasteiger partial charge is 0.416 e. The molecule has 0 saturated heterocycles. The van der Waals surface area contributed by atoms with Crippen LogP contribution in [-0.2, 0) is 6.18 Å².